The molecule has 3 rings (SSSR count). The normalized spacial score (nSPS) is 15.7. The van der Waals surface area contributed by atoms with E-state index in [0.29, 0.717) is 6.54 Å². The SMILES string of the molecule is O=C(NCc1cccc2[nH]ccc12)N1CCCCC1. The molecule has 1 aliphatic rings. The molecule has 2 heterocycles. The largest absolute Gasteiger partial charge is 0.361 e. The van der Waals surface area contributed by atoms with Gasteiger partial charge in [0.2, 0.25) is 0 Å². The molecule has 2 aromatic rings. The number of urea groups is 1. The number of piperidine rings is 1. The van der Waals surface area contributed by atoms with Gasteiger partial charge in [-0.05, 0) is 37.0 Å². The minimum Gasteiger partial charge on any atom is -0.361 e. The van der Waals surface area contributed by atoms with Crippen molar-refractivity contribution in [3.8, 4) is 0 Å². The monoisotopic (exact) mass is 257 g/mol. The first-order valence-corrected chi connectivity index (χ1v) is 6.92. The van der Waals surface area contributed by atoms with Gasteiger partial charge in [-0.2, -0.15) is 0 Å². The Bertz CT molecular complexity index is 570. The zero-order valence-electron chi connectivity index (χ0n) is 11.0. The van der Waals surface area contributed by atoms with E-state index in [1.807, 2.05) is 23.2 Å². The lowest BCUT2D eigenvalue weighted by Crippen LogP contribution is -2.42. The van der Waals surface area contributed by atoms with Gasteiger partial charge in [-0.15, -0.1) is 0 Å². The second-order valence-corrected chi connectivity index (χ2v) is 5.06. The molecule has 1 fully saturated rings. The third kappa shape index (κ3) is 2.57. The Balaban J connectivity index is 1.65. The molecule has 4 nitrogen and oxygen atoms in total. The molecule has 1 aromatic carbocycles. The van der Waals surface area contributed by atoms with Crippen molar-refractivity contribution in [2.75, 3.05) is 13.1 Å². The van der Waals surface area contributed by atoms with E-state index in [4.69, 9.17) is 0 Å². The van der Waals surface area contributed by atoms with Gasteiger partial charge >= 0.3 is 6.03 Å². The summed E-state index contributed by atoms with van der Waals surface area (Å²) in [5.41, 5.74) is 2.27. The van der Waals surface area contributed by atoms with Gasteiger partial charge in [0.05, 0.1) is 0 Å². The Morgan fingerprint density at radius 3 is 2.89 bits per heavy atom. The van der Waals surface area contributed by atoms with Crippen molar-refractivity contribution in [1.29, 1.82) is 0 Å². The second kappa shape index (κ2) is 5.34. The van der Waals surface area contributed by atoms with Crippen LogP contribution in [0.2, 0.25) is 0 Å². The number of carbonyl (C=O) groups is 1. The number of fused-ring (bicyclic) bond motifs is 1. The van der Waals surface area contributed by atoms with Crippen molar-refractivity contribution >= 4 is 16.9 Å². The molecule has 2 amide bonds. The number of nitrogens with one attached hydrogen (secondary N) is 2. The maximum Gasteiger partial charge on any atom is 0.317 e. The van der Waals surface area contributed by atoms with Gasteiger partial charge in [0.25, 0.3) is 0 Å². The lowest BCUT2D eigenvalue weighted by Gasteiger charge is -2.26. The van der Waals surface area contributed by atoms with Crippen molar-refractivity contribution in [3.63, 3.8) is 0 Å². The molecule has 19 heavy (non-hydrogen) atoms. The van der Waals surface area contributed by atoms with Crippen molar-refractivity contribution < 1.29 is 4.79 Å². The van der Waals surface area contributed by atoms with Crippen LogP contribution in [-0.4, -0.2) is 29.0 Å². The molecular weight excluding hydrogens is 238 g/mol. The number of aromatic nitrogens is 1. The summed E-state index contributed by atoms with van der Waals surface area (Å²) >= 11 is 0. The molecule has 1 aromatic heterocycles. The molecule has 100 valence electrons. The number of carbonyl (C=O) groups excluding carboxylic acids is 1. The zero-order valence-corrected chi connectivity index (χ0v) is 11.0. The van der Waals surface area contributed by atoms with Gasteiger partial charge < -0.3 is 15.2 Å². The predicted molar refractivity (Wildman–Crippen MR) is 76.0 cm³/mol. The number of nitrogens with zero attached hydrogens (tertiary/aromatic N) is 1. The first-order chi connectivity index (χ1) is 9.34. The van der Waals surface area contributed by atoms with Gasteiger partial charge in [0.1, 0.15) is 0 Å². The van der Waals surface area contributed by atoms with Gasteiger partial charge in [-0.3, -0.25) is 0 Å². The fourth-order valence-corrected chi connectivity index (χ4v) is 2.68. The average molecular weight is 257 g/mol. The maximum atomic E-state index is 12.1. The van der Waals surface area contributed by atoms with Crippen LogP contribution in [0.5, 0.6) is 0 Å². The van der Waals surface area contributed by atoms with E-state index in [0.717, 1.165) is 37.0 Å². The quantitative estimate of drug-likeness (QED) is 0.854. The van der Waals surface area contributed by atoms with Crippen LogP contribution >= 0.6 is 0 Å². The van der Waals surface area contributed by atoms with Crippen LogP contribution in [-0.2, 0) is 6.54 Å². The first kappa shape index (κ1) is 12.1. The molecule has 0 spiro atoms. The van der Waals surface area contributed by atoms with E-state index in [1.54, 1.807) is 0 Å². The smallest absolute Gasteiger partial charge is 0.317 e. The van der Waals surface area contributed by atoms with Crippen molar-refractivity contribution in [1.82, 2.24) is 15.2 Å². The average Bonchev–Trinajstić information content (AvgIpc) is 2.94. The molecule has 0 saturated carbocycles. The standard InChI is InChI=1S/C15H19N3O/c19-15(18-9-2-1-3-10-18)17-11-12-5-4-6-14-13(12)7-8-16-14/h4-8,16H,1-3,9-11H2,(H,17,19). The molecule has 1 aliphatic heterocycles. The van der Waals surface area contributed by atoms with Crippen LogP contribution in [0, 0.1) is 0 Å². The summed E-state index contributed by atoms with van der Waals surface area (Å²) in [6.07, 6.45) is 5.43. The second-order valence-electron chi connectivity index (χ2n) is 5.06. The third-order valence-corrected chi connectivity index (χ3v) is 3.76. The van der Waals surface area contributed by atoms with E-state index in [2.05, 4.69) is 22.4 Å². The van der Waals surface area contributed by atoms with Crippen molar-refractivity contribution in [2.45, 2.75) is 25.8 Å². The van der Waals surface area contributed by atoms with E-state index in [-0.39, 0.29) is 6.03 Å². The number of hydrogen-bond acceptors (Lipinski definition) is 1. The van der Waals surface area contributed by atoms with Gasteiger partial charge in [-0.1, -0.05) is 12.1 Å². The van der Waals surface area contributed by atoms with Crippen LogP contribution in [0.25, 0.3) is 10.9 Å². The highest BCUT2D eigenvalue weighted by Gasteiger charge is 2.15. The highest BCUT2D eigenvalue weighted by atomic mass is 16.2. The number of benzene rings is 1. The van der Waals surface area contributed by atoms with Crippen LogP contribution in [0.15, 0.2) is 30.5 Å². The maximum absolute atomic E-state index is 12.1. The van der Waals surface area contributed by atoms with Crippen molar-refractivity contribution in [3.05, 3.63) is 36.0 Å². The number of rotatable bonds is 2. The molecule has 2 N–H and O–H groups in total. The van der Waals surface area contributed by atoms with Gasteiger partial charge in [-0.25, -0.2) is 4.79 Å². The Hall–Kier alpha value is -1.97. The topological polar surface area (TPSA) is 48.1 Å². The highest BCUT2D eigenvalue weighted by molar-refractivity contribution is 5.83. The molecule has 4 heteroatoms. The van der Waals surface area contributed by atoms with Crippen molar-refractivity contribution in [2.24, 2.45) is 0 Å². The summed E-state index contributed by atoms with van der Waals surface area (Å²) in [7, 11) is 0. The lowest BCUT2D eigenvalue weighted by molar-refractivity contribution is 0.186. The summed E-state index contributed by atoms with van der Waals surface area (Å²) in [5.74, 6) is 0. The van der Waals surface area contributed by atoms with Crippen LogP contribution < -0.4 is 5.32 Å². The summed E-state index contributed by atoms with van der Waals surface area (Å²) < 4.78 is 0. The lowest BCUT2D eigenvalue weighted by atomic mass is 10.1. The number of amides is 2. The zero-order chi connectivity index (χ0) is 13.1. The number of likely N-dealkylation sites (tertiary alicyclic amines) is 1. The third-order valence-electron chi connectivity index (χ3n) is 3.76. The Morgan fingerprint density at radius 2 is 2.05 bits per heavy atom. The fourth-order valence-electron chi connectivity index (χ4n) is 2.68. The molecule has 0 bridgehead atoms. The Morgan fingerprint density at radius 1 is 1.21 bits per heavy atom. The first-order valence-electron chi connectivity index (χ1n) is 6.92. The summed E-state index contributed by atoms with van der Waals surface area (Å²) in [5, 5.41) is 4.21. The van der Waals surface area contributed by atoms with E-state index >= 15 is 0 Å². The number of hydrogen-bond donors (Lipinski definition) is 2. The van der Waals surface area contributed by atoms with E-state index < -0.39 is 0 Å². The predicted octanol–water partition coefficient (Wildman–Crippen LogP) is 2.86. The van der Waals surface area contributed by atoms with E-state index in [1.165, 1.54) is 11.8 Å². The number of H-pyrrole nitrogens is 1. The molecule has 0 unspecified atom stereocenters. The molecule has 0 aliphatic carbocycles. The number of aromatic amines is 1. The summed E-state index contributed by atoms with van der Waals surface area (Å²) in [6, 6.07) is 8.24. The van der Waals surface area contributed by atoms with Gasteiger partial charge in [0, 0.05) is 36.7 Å². The molecule has 0 atom stereocenters. The Kier molecular flexibility index (Phi) is 3.40. The van der Waals surface area contributed by atoms with Crippen LogP contribution in [0.4, 0.5) is 4.79 Å². The minimum atomic E-state index is 0.0623. The Labute approximate surface area is 112 Å². The summed E-state index contributed by atoms with van der Waals surface area (Å²) in [6.45, 7) is 2.37. The minimum absolute atomic E-state index is 0.0623. The van der Waals surface area contributed by atoms with Crippen LogP contribution in [0.3, 0.4) is 0 Å². The van der Waals surface area contributed by atoms with E-state index in [9.17, 15) is 4.79 Å². The molecule has 1 saturated heterocycles. The van der Waals surface area contributed by atoms with Crippen LogP contribution in [0.1, 0.15) is 24.8 Å². The molecular formula is C15H19N3O. The molecule has 0 radical (unpaired) electrons. The fraction of sp³-hybridized carbons (Fsp3) is 0.400. The summed E-state index contributed by atoms with van der Waals surface area (Å²) in [4.78, 5) is 17.2. The van der Waals surface area contributed by atoms with Gasteiger partial charge in [0.15, 0.2) is 0 Å². The highest BCUT2D eigenvalue weighted by Crippen LogP contribution is 2.17.